The van der Waals surface area contributed by atoms with Gasteiger partial charge in [0.15, 0.2) is 0 Å². The van der Waals surface area contributed by atoms with Crippen molar-refractivity contribution >= 4 is 11.7 Å². The van der Waals surface area contributed by atoms with Crippen molar-refractivity contribution in [1.82, 2.24) is 4.90 Å². The fraction of sp³-hybridized carbons (Fsp3) is 0.500. The van der Waals surface area contributed by atoms with E-state index in [1.807, 2.05) is 7.05 Å². The number of nitro groups is 1. The lowest BCUT2D eigenvalue weighted by atomic mass is 10.1. The van der Waals surface area contributed by atoms with Gasteiger partial charge in [0.05, 0.1) is 11.5 Å². The number of aromatic carboxylic acids is 1. The average Bonchev–Trinajstić information content (AvgIpc) is 2.84. The van der Waals surface area contributed by atoms with Crippen LogP contribution in [0.25, 0.3) is 0 Å². The third-order valence-electron chi connectivity index (χ3n) is 3.79. The van der Waals surface area contributed by atoms with Crippen LogP contribution >= 0.6 is 0 Å². The first-order valence-electron chi connectivity index (χ1n) is 6.84. The van der Waals surface area contributed by atoms with E-state index in [-0.39, 0.29) is 23.6 Å². The molecule has 1 fully saturated rings. The molecule has 1 saturated heterocycles. The van der Waals surface area contributed by atoms with Gasteiger partial charge in [-0.3, -0.25) is 10.1 Å². The van der Waals surface area contributed by atoms with E-state index in [1.54, 1.807) is 0 Å². The van der Waals surface area contributed by atoms with E-state index in [0.29, 0.717) is 6.04 Å². The molecule has 1 atom stereocenters. The largest absolute Gasteiger partial charge is 0.486 e. The minimum atomic E-state index is -1.23. The van der Waals surface area contributed by atoms with Gasteiger partial charge in [-0.05, 0) is 38.9 Å². The van der Waals surface area contributed by atoms with Crippen molar-refractivity contribution in [2.24, 2.45) is 0 Å². The predicted octanol–water partition coefficient (Wildman–Crippen LogP) is 2.16. The number of hydrogen-bond acceptors (Lipinski definition) is 5. The first-order valence-corrected chi connectivity index (χ1v) is 6.84. The van der Waals surface area contributed by atoms with Crippen LogP contribution in [0.1, 0.15) is 29.6 Å². The molecule has 1 N–H and O–H groups in total. The number of likely N-dealkylation sites (tertiary alicyclic amines) is 1. The number of benzene rings is 1. The summed E-state index contributed by atoms with van der Waals surface area (Å²) in [6.07, 6.45) is 2.93. The van der Waals surface area contributed by atoms with E-state index < -0.39 is 10.9 Å². The van der Waals surface area contributed by atoms with Crippen LogP contribution in [0.3, 0.4) is 0 Å². The lowest BCUT2D eigenvalue weighted by Gasteiger charge is -2.19. The minimum absolute atomic E-state index is 0.157. The van der Waals surface area contributed by atoms with Crippen LogP contribution in [0.4, 0.5) is 5.69 Å². The van der Waals surface area contributed by atoms with Gasteiger partial charge in [-0.25, -0.2) is 4.79 Å². The number of ether oxygens (including phenoxy) is 1. The summed E-state index contributed by atoms with van der Waals surface area (Å²) in [4.78, 5) is 23.8. The monoisotopic (exact) mass is 294 g/mol. The second-order valence-corrected chi connectivity index (χ2v) is 5.13. The molecule has 2 rings (SSSR count). The summed E-state index contributed by atoms with van der Waals surface area (Å²) in [5.74, 6) is -1.39. The number of nitrogens with zero attached hydrogens (tertiary/aromatic N) is 2. The molecule has 7 nitrogen and oxygen atoms in total. The molecular weight excluding hydrogens is 276 g/mol. The summed E-state index contributed by atoms with van der Waals surface area (Å²) in [6.45, 7) is 1.30. The molecule has 21 heavy (non-hydrogen) atoms. The molecule has 0 bridgehead atoms. The van der Waals surface area contributed by atoms with Gasteiger partial charge in [-0.2, -0.15) is 0 Å². The Bertz CT molecular complexity index is 514. The number of rotatable bonds is 6. The molecule has 1 aromatic rings. The summed E-state index contributed by atoms with van der Waals surface area (Å²) >= 11 is 0. The molecule has 0 saturated carbocycles. The van der Waals surface area contributed by atoms with E-state index in [2.05, 4.69) is 4.90 Å². The minimum Gasteiger partial charge on any atom is -0.486 e. The molecule has 1 aliphatic rings. The van der Waals surface area contributed by atoms with Gasteiger partial charge in [0, 0.05) is 12.1 Å². The summed E-state index contributed by atoms with van der Waals surface area (Å²) in [5.41, 5.74) is -0.487. The molecule has 0 amide bonds. The standard InChI is InChI=1S/C14H18N2O5/c1-15-8-3-4-10(15)7-9-21-13-11(14(17)18)5-2-6-12(13)16(19)20/h2,5-6,10H,3-4,7-9H2,1H3,(H,17,18). The van der Waals surface area contributed by atoms with Gasteiger partial charge < -0.3 is 14.7 Å². The molecule has 1 aromatic carbocycles. The number of carbonyl (C=O) groups is 1. The van der Waals surface area contributed by atoms with Crippen molar-refractivity contribution in [2.75, 3.05) is 20.2 Å². The van der Waals surface area contributed by atoms with Crippen LogP contribution in [0, 0.1) is 10.1 Å². The van der Waals surface area contributed by atoms with E-state index >= 15 is 0 Å². The highest BCUT2D eigenvalue weighted by atomic mass is 16.6. The molecule has 7 heteroatoms. The highest BCUT2D eigenvalue weighted by Crippen LogP contribution is 2.31. The van der Waals surface area contributed by atoms with Crippen molar-refractivity contribution in [2.45, 2.75) is 25.3 Å². The first-order chi connectivity index (χ1) is 10.0. The average molecular weight is 294 g/mol. The molecule has 114 valence electrons. The lowest BCUT2D eigenvalue weighted by molar-refractivity contribution is -0.385. The maximum Gasteiger partial charge on any atom is 0.339 e. The number of hydrogen-bond donors (Lipinski definition) is 1. The molecule has 0 aromatic heterocycles. The SMILES string of the molecule is CN1CCCC1CCOc1c(C(=O)O)cccc1[N+](=O)[O-]. The molecular formula is C14H18N2O5. The summed E-state index contributed by atoms with van der Waals surface area (Å²) in [6, 6.07) is 4.30. The third kappa shape index (κ3) is 3.49. The molecule has 1 aliphatic heterocycles. The normalized spacial score (nSPS) is 18.6. The number of para-hydroxylation sites is 1. The quantitative estimate of drug-likeness (QED) is 0.638. The van der Waals surface area contributed by atoms with Gasteiger partial charge in [-0.1, -0.05) is 6.07 Å². The van der Waals surface area contributed by atoms with Gasteiger partial charge in [-0.15, -0.1) is 0 Å². The third-order valence-corrected chi connectivity index (χ3v) is 3.79. The topological polar surface area (TPSA) is 92.9 Å². The van der Waals surface area contributed by atoms with Crippen LogP contribution in [0.2, 0.25) is 0 Å². The number of nitro benzene ring substituents is 1. The van der Waals surface area contributed by atoms with Crippen molar-refractivity contribution in [1.29, 1.82) is 0 Å². The maximum absolute atomic E-state index is 11.2. The molecule has 1 unspecified atom stereocenters. The summed E-state index contributed by atoms with van der Waals surface area (Å²) in [7, 11) is 2.03. The summed E-state index contributed by atoms with van der Waals surface area (Å²) < 4.78 is 5.45. The van der Waals surface area contributed by atoms with Gasteiger partial charge in [0.25, 0.3) is 0 Å². The zero-order chi connectivity index (χ0) is 15.4. The Morgan fingerprint density at radius 2 is 2.33 bits per heavy atom. The highest BCUT2D eigenvalue weighted by molar-refractivity contribution is 5.92. The van der Waals surface area contributed by atoms with Crippen LogP contribution in [0.5, 0.6) is 5.75 Å². The molecule has 0 aliphatic carbocycles. The molecule has 0 radical (unpaired) electrons. The second kappa shape index (κ2) is 6.53. The zero-order valence-electron chi connectivity index (χ0n) is 11.8. The van der Waals surface area contributed by atoms with Gasteiger partial charge in [0.2, 0.25) is 5.75 Å². The molecule has 1 heterocycles. The van der Waals surface area contributed by atoms with Gasteiger partial charge >= 0.3 is 11.7 Å². The maximum atomic E-state index is 11.2. The Kier molecular flexibility index (Phi) is 4.74. The number of carboxylic acids is 1. The van der Waals surface area contributed by atoms with Crippen LogP contribution < -0.4 is 4.74 Å². The van der Waals surface area contributed by atoms with E-state index in [9.17, 15) is 14.9 Å². The van der Waals surface area contributed by atoms with Gasteiger partial charge in [0.1, 0.15) is 5.56 Å². The van der Waals surface area contributed by atoms with Crippen LogP contribution in [-0.2, 0) is 0 Å². The van der Waals surface area contributed by atoms with E-state index in [0.717, 1.165) is 25.8 Å². The summed E-state index contributed by atoms with van der Waals surface area (Å²) in [5, 5.41) is 20.1. The molecule has 0 spiro atoms. The fourth-order valence-corrected chi connectivity index (χ4v) is 2.63. The number of carboxylic acid groups (broad SMARTS) is 1. The van der Waals surface area contributed by atoms with Crippen LogP contribution in [-0.4, -0.2) is 47.1 Å². The highest BCUT2D eigenvalue weighted by Gasteiger charge is 2.24. The van der Waals surface area contributed by atoms with Crippen molar-refractivity contribution < 1.29 is 19.6 Å². The van der Waals surface area contributed by atoms with Crippen molar-refractivity contribution in [3.8, 4) is 5.75 Å². The Labute approximate surface area is 122 Å². The Balaban J connectivity index is 2.10. The Morgan fingerprint density at radius 3 is 2.90 bits per heavy atom. The van der Waals surface area contributed by atoms with Crippen LogP contribution in [0.15, 0.2) is 18.2 Å². The fourth-order valence-electron chi connectivity index (χ4n) is 2.63. The second-order valence-electron chi connectivity index (χ2n) is 5.13. The van der Waals surface area contributed by atoms with E-state index in [1.165, 1.54) is 18.2 Å². The smallest absolute Gasteiger partial charge is 0.339 e. The zero-order valence-corrected chi connectivity index (χ0v) is 11.8. The van der Waals surface area contributed by atoms with Crippen molar-refractivity contribution in [3.05, 3.63) is 33.9 Å². The first kappa shape index (κ1) is 15.2. The van der Waals surface area contributed by atoms with Crippen molar-refractivity contribution in [3.63, 3.8) is 0 Å². The predicted molar refractivity (Wildman–Crippen MR) is 75.8 cm³/mol. The van der Waals surface area contributed by atoms with E-state index in [4.69, 9.17) is 9.84 Å². The Morgan fingerprint density at radius 1 is 1.57 bits per heavy atom. The lowest BCUT2D eigenvalue weighted by Crippen LogP contribution is -2.26. The Hall–Kier alpha value is -2.15.